The summed E-state index contributed by atoms with van der Waals surface area (Å²) in [5, 5.41) is 0. The van der Waals surface area contributed by atoms with Gasteiger partial charge in [-0.15, -0.1) is 0 Å². The van der Waals surface area contributed by atoms with Gasteiger partial charge in [-0.25, -0.2) is 4.39 Å². The molecule has 0 saturated heterocycles. The van der Waals surface area contributed by atoms with Gasteiger partial charge in [0.05, 0.1) is 0 Å². The number of benzene rings is 1. The van der Waals surface area contributed by atoms with Crippen molar-refractivity contribution in [1.29, 1.82) is 0 Å². The lowest BCUT2D eigenvalue weighted by molar-refractivity contribution is 0.424. The molecule has 2 N–H and O–H groups in total. The molecular formula is C12H16FN. The Morgan fingerprint density at radius 2 is 2.07 bits per heavy atom. The fraction of sp³-hybridized carbons (Fsp3) is 0.500. The van der Waals surface area contributed by atoms with Crippen molar-refractivity contribution in [3.63, 3.8) is 0 Å². The van der Waals surface area contributed by atoms with Crippen LogP contribution in [0.1, 0.15) is 30.9 Å². The Morgan fingerprint density at radius 3 is 2.57 bits per heavy atom. The van der Waals surface area contributed by atoms with Crippen LogP contribution in [0.4, 0.5) is 4.39 Å². The zero-order valence-electron chi connectivity index (χ0n) is 8.68. The van der Waals surface area contributed by atoms with Crippen LogP contribution in [0, 0.1) is 18.7 Å². The second kappa shape index (κ2) is 3.06. The van der Waals surface area contributed by atoms with Crippen LogP contribution in [0.5, 0.6) is 0 Å². The normalized spacial score (nSPS) is 20.6. The number of aryl methyl sites for hydroxylation is 1. The number of nitrogens with two attached hydrogens (primary N) is 1. The molecule has 0 aromatic heterocycles. The smallest absolute Gasteiger partial charge is 0.123 e. The fourth-order valence-corrected chi connectivity index (χ4v) is 2.13. The van der Waals surface area contributed by atoms with Crippen LogP contribution in [0.25, 0.3) is 0 Å². The molecule has 1 nitrogen and oxygen atoms in total. The van der Waals surface area contributed by atoms with Gasteiger partial charge in [0.2, 0.25) is 0 Å². The van der Waals surface area contributed by atoms with Gasteiger partial charge in [-0.05, 0) is 55.9 Å². The lowest BCUT2D eigenvalue weighted by atomic mass is 9.85. The van der Waals surface area contributed by atoms with E-state index in [1.807, 2.05) is 19.9 Å². The van der Waals surface area contributed by atoms with Crippen molar-refractivity contribution in [3.8, 4) is 0 Å². The maximum Gasteiger partial charge on any atom is 0.123 e. The van der Waals surface area contributed by atoms with Crippen molar-refractivity contribution in [2.24, 2.45) is 11.7 Å². The molecule has 0 aliphatic heterocycles. The molecule has 14 heavy (non-hydrogen) atoms. The van der Waals surface area contributed by atoms with Crippen LogP contribution in [0.3, 0.4) is 0 Å². The van der Waals surface area contributed by atoms with E-state index in [0.717, 1.165) is 11.1 Å². The number of hydrogen-bond acceptors (Lipinski definition) is 1. The Kier molecular flexibility index (Phi) is 2.11. The number of rotatable bonds is 2. The van der Waals surface area contributed by atoms with Crippen LogP contribution in [0.2, 0.25) is 0 Å². The molecule has 1 aliphatic rings. The third-order valence-electron chi connectivity index (χ3n) is 3.19. The molecule has 1 fully saturated rings. The molecular weight excluding hydrogens is 177 g/mol. The predicted octanol–water partition coefficient (Wildman–Crippen LogP) is 2.72. The highest BCUT2D eigenvalue weighted by Crippen LogP contribution is 2.44. The first-order chi connectivity index (χ1) is 6.51. The first kappa shape index (κ1) is 9.66. The summed E-state index contributed by atoms with van der Waals surface area (Å²) < 4.78 is 12.9. The summed E-state index contributed by atoms with van der Waals surface area (Å²) in [4.78, 5) is 0. The molecule has 1 saturated carbocycles. The van der Waals surface area contributed by atoms with E-state index in [1.165, 1.54) is 18.9 Å². The van der Waals surface area contributed by atoms with Crippen molar-refractivity contribution in [1.82, 2.24) is 0 Å². The van der Waals surface area contributed by atoms with Gasteiger partial charge in [0.25, 0.3) is 0 Å². The van der Waals surface area contributed by atoms with Crippen molar-refractivity contribution in [2.75, 3.05) is 0 Å². The molecule has 0 amide bonds. The van der Waals surface area contributed by atoms with Gasteiger partial charge in [-0.2, -0.15) is 0 Å². The third kappa shape index (κ3) is 1.55. The summed E-state index contributed by atoms with van der Waals surface area (Å²) in [7, 11) is 0. The Morgan fingerprint density at radius 1 is 1.43 bits per heavy atom. The second-order valence-corrected chi connectivity index (χ2v) is 4.52. The van der Waals surface area contributed by atoms with E-state index >= 15 is 0 Å². The quantitative estimate of drug-likeness (QED) is 0.767. The van der Waals surface area contributed by atoms with Crippen LogP contribution >= 0.6 is 0 Å². The lowest BCUT2D eigenvalue weighted by Crippen LogP contribution is -2.36. The van der Waals surface area contributed by atoms with Crippen LogP contribution < -0.4 is 5.73 Å². The van der Waals surface area contributed by atoms with E-state index in [1.54, 1.807) is 6.07 Å². The van der Waals surface area contributed by atoms with E-state index in [2.05, 4.69) is 0 Å². The van der Waals surface area contributed by atoms with E-state index in [9.17, 15) is 4.39 Å². The fourth-order valence-electron chi connectivity index (χ4n) is 2.13. The summed E-state index contributed by atoms with van der Waals surface area (Å²) in [5.74, 6) is 0.393. The monoisotopic (exact) mass is 193 g/mol. The van der Waals surface area contributed by atoms with E-state index in [4.69, 9.17) is 5.73 Å². The zero-order valence-corrected chi connectivity index (χ0v) is 8.68. The molecule has 0 heterocycles. The zero-order chi connectivity index (χ0) is 10.3. The Balaban J connectivity index is 2.40. The molecule has 2 heteroatoms. The molecule has 0 spiro atoms. The summed E-state index contributed by atoms with van der Waals surface area (Å²) in [6, 6.07) is 4.88. The molecule has 1 unspecified atom stereocenters. The Labute approximate surface area is 84.1 Å². The largest absolute Gasteiger partial charge is 0.321 e. The van der Waals surface area contributed by atoms with Gasteiger partial charge in [0, 0.05) is 5.54 Å². The van der Waals surface area contributed by atoms with Gasteiger partial charge >= 0.3 is 0 Å². The van der Waals surface area contributed by atoms with Crippen molar-refractivity contribution < 1.29 is 4.39 Å². The standard InChI is InChI=1S/C12H16FN/c1-8-7-10(13)5-6-11(8)12(2,14)9-3-4-9/h5-7,9H,3-4,14H2,1-2H3. The molecule has 0 bridgehead atoms. The van der Waals surface area contributed by atoms with Crippen molar-refractivity contribution >= 4 is 0 Å². The SMILES string of the molecule is Cc1cc(F)ccc1C(C)(N)C1CC1. The predicted molar refractivity (Wildman–Crippen MR) is 55.4 cm³/mol. The average Bonchev–Trinajstić information content (AvgIpc) is 2.84. The van der Waals surface area contributed by atoms with E-state index < -0.39 is 0 Å². The third-order valence-corrected chi connectivity index (χ3v) is 3.19. The van der Waals surface area contributed by atoms with Gasteiger partial charge in [0.15, 0.2) is 0 Å². The van der Waals surface area contributed by atoms with Crippen molar-refractivity contribution in [2.45, 2.75) is 32.2 Å². The highest BCUT2D eigenvalue weighted by atomic mass is 19.1. The molecule has 1 aromatic carbocycles. The highest BCUT2D eigenvalue weighted by Gasteiger charge is 2.40. The first-order valence-electron chi connectivity index (χ1n) is 5.07. The maximum absolute atomic E-state index is 12.9. The van der Waals surface area contributed by atoms with Crippen LogP contribution in [-0.4, -0.2) is 0 Å². The van der Waals surface area contributed by atoms with Gasteiger partial charge in [-0.3, -0.25) is 0 Å². The van der Waals surface area contributed by atoms with Crippen LogP contribution in [-0.2, 0) is 5.54 Å². The van der Waals surface area contributed by atoms with Gasteiger partial charge in [0.1, 0.15) is 5.82 Å². The minimum atomic E-state index is -0.280. The van der Waals surface area contributed by atoms with Gasteiger partial charge in [-0.1, -0.05) is 6.07 Å². The second-order valence-electron chi connectivity index (χ2n) is 4.52. The minimum Gasteiger partial charge on any atom is -0.321 e. The number of hydrogen-bond donors (Lipinski definition) is 1. The first-order valence-corrected chi connectivity index (χ1v) is 5.07. The molecule has 1 aromatic rings. The summed E-state index contributed by atoms with van der Waals surface area (Å²) in [6.45, 7) is 3.97. The summed E-state index contributed by atoms with van der Waals surface area (Å²) >= 11 is 0. The molecule has 0 radical (unpaired) electrons. The molecule has 2 rings (SSSR count). The summed E-state index contributed by atoms with van der Waals surface area (Å²) in [5.41, 5.74) is 8.04. The molecule has 76 valence electrons. The maximum atomic E-state index is 12.9. The topological polar surface area (TPSA) is 26.0 Å². The average molecular weight is 193 g/mol. The minimum absolute atomic E-state index is 0.183. The van der Waals surface area contributed by atoms with E-state index in [-0.39, 0.29) is 11.4 Å². The van der Waals surface area contributed by atoms with E-state index in [0.29, 0.717) is 5.92 Å². The Hall–Kier alpha value is -0.890. The van der Waals surface area contributed by atoms with Gasteiger partial charge < -0.3 is 5.73 Å². The highest BCUT2D eigenvalue weighted by molar-refractivity contribution is 5.34. The van der Waals surface area contributed by atoms with Crippen molar-refractivity contribution in [3.05, 3.63) is 35.1 Å². The lowest BCUT2D eigenvalue weighted by Gasteiger charge is -2.27. The number of halogens is 1. The van der Waals surface area contributed by atoms with Crippen LogP contribution in [0.15, 0.2) is 18.2 Å². The Bertz CT molecular complexity index is 353. The molecule has 1 aliphatic carbocycles. The summed E-state index contributed by atoms with van der Waals surface area (Å²) in [6.07, 6.45) is 2.40. The molecule has 1 atom stereocenters.